The monoisotopic (exact) mass is 664 g/mol. The fourth-order valence-corrected chi connectivity index (χ4v) is 6.14. The Hall–Kier alpha value is -3.62. The number of allylic oxidation sites excluding steroid dienone is 1. The maximum atomic E-state index is 12.5. The molecular formula is C43H52O6. The van der Waals surface area contributed by atoms with Crippen LogP contribution in [0.2, 0.25) is 0 Å². The van der Waals surface area contributed by atoms with Gasteiger partial charge in [-0.3, -0.25) is 0 Å². The molecule has 0 spiro atoms. The Morgan fingerprint density at radius 1 is 0.592 bits per heavy atom. The van der Waals surface area contributed by atoms with Gasteiger partial charge in [0.2, 0.25) is 5.79 Å². The number of hydrogen-bond donors (Lipinski definition) is 1. The Bertz CT molecular complexity index is 1470. The highest BCUT2D eigenvalue weighted by molar-refractivity contribution is 5.18. The second kappa shape index (κ2) is 20.1. The summed E-state index contributed by atoms with van der Waals surface area (Å²) in [6, 6.07) is 40.1. The average Bonchev–Trinajstić information content (AvgIpc) is 3.14. The van der Waals surface area contributed by atoms with Gasteiger partial charge in [0, 0.05) is 0 Å². The fourth-order valence-electron chi connectivity index (χ4n) is 6.14. The van der Waals surface area contributed by atoms with Crippen molar-refractivity contribution < 1.29 is 28.8 Å². The van der Waals surface area contributed by atoms with Crippen LogP contribution in [-0.4, -0.2) is 41.9 Å². The number of rotatable bonds is 20. The van der Waals surface area contributed by atoms with E-state index in [-0.39, 0.29) is 13.2 Å². The van der Waals surface area contributed by atoms with Crippen molar-refractivity contribution in [3.05, 3.63) is 156 Å². The fraction of sp³-hybridized carbons (Fsp3) is 0.395. The molecular weight excluding hydrogens is 612 g/mol. The topological polar surface area (TPSA) is 66.4 Å². The van der Waals surface area contributed by atoms with Crippen LogP contribution in [0, 0.1) is 0 Å². The van der Waals surface area contributed by atoms with Crippen molar-refractivity contribution in [3.8, 4) is 0 Å². The molecule has 1 fully saturated rings. The zero-order valence-corrected chi connectivity index (χ0v) is 28.8. The second-order valence-electron chi connectivity index (χ2n) is 12.8. The molecule has 4 aromatic rings. The van der Waals surface area contributed by atoms with E-state index in [1.165, 1.54) is 19.3 Å². The van der Waals surface area contributed by atoms with E-state index in [1.54, 1.807) is 6.08 Å². The van der Waals surface area contributed by atoms with Gasteiger partial charge in [-0.15, -0.1) is 0 Å². The van der Waals surface area contributed by atoms with Gasteiger partial charge in [-0.25, -0.2) is 0 Å². The van der Waals surface area contributed by atoms with Crippen molar-refractivity contribution in [2.24, 2.45) is 0 Å². The summed E-state index contributed by atoms with van der Waals surface area (Å²) in [4.78, 5) is 0. The van der Waals surface area contributed by atoms with Crippen LogP contribution in [-0.2, 0) is 50.1 Å². The van der Waals surface area contributed by atoms with E-state index in [1.807, 2.05) is 127 Å². The van der Waals surface area contributed by atoms with Crippen LogP contribution in [0.3, 0.4) is 0 Å². The highest BCUT2D eigenvalue weighted by Gasteiger charge is 2.55. The Morgan fingerprint density at radius 2 is 1.06 bits per heavy atom. The summed E-state index contributed by atoms with van der Waals surface area (Å²) in [5.74, 6) is -1.78. The van der Waals surface area contributed by atoms with Gasteiger partial charge in [0.05, 0.1) is 33.0 Å². The maximum Gasteiger partial charge on any atom is 0.215 e. The summed E-state index contributed by atoms with van der Waals surface area (Å²) in [5.41, 5.74) is 4.08. The Kier molecular flexibility index (Phi) is 15.1. The van der Waals surface area contributed by atoms with Crippen molar-refractivity contribution in [2.75, 3.05) is 6.61 Å². The lowest BCUT2D eigenvalue weighted by Gasteiger charge is -2.49. The summed E-state index contributed by atoms with van der Waals surface area (Å²) >= 11 is 0. The summed E-state index contributed by atoms with van der Waals surface area (Å²) in [7, 11) is 0. The smallest absolute Gasteiger partial charge is 0.215 e. The van der Waals surface area contributed by atoms with Crippen molar-refractivity contribution in [2.45, 2.75) is 102 Å². The Labute approximate surface area is 292 Å². The minimum absolute atomic E-state index is 0.193. The summed E-state index contributed by atoms with van der Waals surface area (Å²) in [6.07, 6.45) is 7.63. The molecule has 1 N–H and O–H groups in total. The molecule has 6 nitrogen and oxygen atoms in total. The van der Waals surface area contributed by atoms with Crippen LogP contribution in [0.15, 0.2) is 133 Å². The van der Waals surface area contributed by atoms with Gasteiger partial charge in [0.25, 0.3) is 0 Å². The number of benzene rings is 4. The van der Waals surface area contributed by atoms with E-state index in [4.69, 9.17) is 23.7 Å². The van der Waals surface area contributed by atoms with Gasteiger partial charge < -0.3 is 28.8 Å². The second-order valence-corrected chi connectivity index (χ2v) is 12.8. The first-order valence-electron chi connectivity index (χ1n) is 17.8. The van der Waals surface area contributed by atoms with Crippen molar-refractivity contribution in [3.63, 3.8) is 0 Å². The third-order valence-corrected chi connectivity index (χ3v) is 8.80. The molecule has 1 aliphatic rings. The SMILES string of the molecule is CCCCCCC/C=C\C1(O)O[C@H](COCc2ccccc2)[C@H](OCc2ccccc2)[C@H](OCc2ccccc2)[C@H]1OCc1ccccc1. The van der Waals surface area contributed by atoms with Crippen LogP contribution in [0.25, 0.3) is 0 Å². The third kappa shape index (κ3) is 11.7. The predicted molar refractivity (Wildman–Crippen MR) is 193 cm³/mol. The molecule has 1 heterocycles. The van der Waals surface area contributed by atoms with Crippen molar-refractivity contribution in [1.82, 2.24) is 0 Å². The molecule has 1 unspecified atom stereocenters. The molecule has 4 aromatic carbocycles. The molecule has 1 saturated heterocycles. The molecule has 0 aromatic heterocycles. The average molecular weight is 665 g/mol. The first kappa shape index (κ1) is 36.7. The molecule has 0 amide bonds. The lowest BCUT2D eigenvalue weighted by atomic mass is 9.91. The minimum atomic E-state index is -1.78. The molecule has 1 aliphatic heterocycles. The number of hydrogen-bond acceptors (Lipinski definition) is 6. The zero-order valence-electron chi connectivity index (χ0n) is 28.8. The highest BCUT2D eigenvalue weighted by Crippen LogP contribution is 2.37. The maximum absolute atomic E-state index is 12.5. The van der Waals surface area contributed by atoms with E-state index in [9.17, 15) is 5.11 Å². The number of aliphatic hydroxyl groups is 1. The van der Waals surface area contributed by atoms with Crippen LogP contribution in [0.5, 0.6) is 0 Å². The van der Waals surface area contributed by atoms with Gasteiger partial charge in [0.15, 0.2) is 0 Å². The van der Waals surface area contributed by atoms with Crippen LogP contribution < -0.4 is 0 Å². The molecule has 49 heavy (non-hydrogen) atoms. The van der Waals surface area contributed by atoms with Gasteiger partial charge in [-0.2, -0.15) is 0 Å². The molecule has 5 atom stereocenters. The van der Waals surface area contributed by atoms with E-state index in [0.717, 1.165) is 41.5 Å². The molecule has 5 rings (SSSR count). The summed E-state index contributed by atoms with van der Waals surface area (Å²) in [6.45, 7) is 3.75. The van der Waals surface area contributed by atoms with Crippen LogP contribution in [0.1, 0.15) is 67.7 Å². The normalized spacial score (nSPS) is 22.4. The van der Waals surface area contributed by atoms with Gasteiger partial charge >= 0.3 is 0 Å². The number of ether oxygens (including phenoxy) is 5. The van der Waals surface area contributed by atoms with Gasteiger partial charge in [0.1, 0.15) is 24.4 Å². The zero-order chi connectivity index (χ0) is 34.0. The lowest BCUT2D eigenvalue weighted by molar-refractivity contribution is -0.351. The molecule has 0 aliphatic carbocycles. The molecule has 260 valence electrons. The van der Waals surface area contributed by atoms with E-state index in [0.29, 0.717) is 19.8 Å². The predicted octanol–water partition coefficient (Wildman–Crippen LogP) is 8.96. The summed E-state index contributed by atoms with van der Waals surface area (Å²) in [5, 5.41) is 12.5. The summed E-state index contributed by atoms with van der Waals surface area (Å²) < 4.78 is 33.0. The first-order chi connectivity index (χ1) is 24.1. The van der Waals surface area contributed by atoms with E-state index < -0.39 is 30.2 Å². The lowest BCUT2D eigenvalue weighted by Crippen LogP contribution is -2.66. The minimum Gasteiger partial charge on any atom is -0.374 e. The first-order valence-corrected chi connectivity index (χ1v) is 17.8. The van der Waals surface area contributed by atoms with Crippen molar-refractivity contribution in [1.29, 1.82) is 0 Å². The van der Waals surface area contributed by atoms with Crippen molar-refractivity contribution >= 4 is 0 Å². The van der Waals surface area contributed by atoms with Gasteiger partial charge in [-0.05, 0) is 41.2 Å². The van der Waals surface area contributed by atoms with Crippen LogP contribution >= 0.6 is 0 Å². The third-order valence-electron chi connectivity index (χ3n) is 8.80. The molecule has 0 saturated carbocycles. The van der Waals surface area contributed by atoms with E-state index >= 15 is 0 Å². The standard InChI is InChI=1S/C43H52O6/c1-2-3-4-5-6-7-20-29-43(44)42(48-33-38-27-18-11-19-28-38)41(47-32-37-25-16-10-17-26-37)40(46-31-36-23-14-9-15-24-36)39(49-43)34-45-30-35-21-12-8-13-22-35/h8-29,39-42,44H,2-7,30-34H2,1H3/b29-20-/t39-,40+,41+,42-,43?/m1/s1. The van der Waals surface area contributed by atoms with E-state index in [2.05, 4.69) is 6.92 Å². The highest BCUT2D eigenvalue weighted by atomic mass is 16.7. The Balaban J connectivity index is 1.45. The Morgan fingerprint density at radius 3 is 1.59 bits per heavy atom. The molecule has 6 heteroatoms. The van der Waals surface area contributed by atoms with Gasteiger partial charge in [-0.1, -0.05) is 160 Å². The largest absolute Gasteiger partial charge is 0.374 e. The molecule has 0 radical (unpaired) electrons. The number of unbranched alkanes of at least 4 members (excludes halogenated alkanes) is 5. The molecule has 0 bridgehead atoms. The van der Waals surface area contributed by atoms with Crippen LogP contribution in [0.4, 0.5) is 0 Å². The quantitative estimate of drug-likeness (QED) is 0.0752.